The molecule has 1 aliphatic heterocycles. The van der Waals surface area contributed by atoms with Crippen LogP contribution in [0.3, 0.4) is 0 Å². The Morgan fingerprint density at radius 1 is 1.04 bits per heavy atom. The van der Waals surface area contributed by atoms with Gasteiger partial charge in [0.25, 0.3) is 15.9 Å². The first-order valence-electron chi connectivity index (χ1n) is 9.72. The Hall–Kier alpha value is -2.34. The predicted octanol–water partition coefficient (Wildman–Crippen LogP) is 4.51. The number of aryl methyl sites for hydroxylation is 2. The summed E-state index contributed by atoms with van der Waals surface area (Å²) >= 11 is 0. The average Bonchev–Trinajstić information content (AvgIpc) is 2.61. The number of nitrogens with one attached hydrogen (secondary N) is 1. The molecule has 150 valence electrons. The van der Waals surface area contributed by atoms with Crippen LogP contribution in [0.15, 0.2) is 47.4 Å². The van der Waals surface area contributed by atoms with E-state index in [1.807, 2.05) is 24.8 Å². The van der Waals surface area contributed by atoms with Crippen LogP contribution in [0.2, 0.25) is 0 Å². The Kier molecular flexibility index (Phi) is 5.79. The fourth-order valence-electron chi connectivity index (χ4n) is 3.88. The van der Waals surface area contributed by atoms with Gasteiger partial charge in [-0.05, 0) is 82.3 Å². The minimum Gasteiger partial charge on any atom is -0.333 e. The predicted molar refractivity (Wildman–Crippen MR) is 112 cm³/mol. The maximum absolute atomic E-state index is 13.2. The standard InChI is InChI=1S/C22H28N2O3S/c1-15-7-5-10-19(13-15)23-28(26,27)20-12-11-16(2)21(14-20)22(25)24-17(3)8-6-9-18(24)4/h5,7,10-14,17-18,23H,6,8-9H2,1-4H3. The first-order chi connectivity index (χ1) is 13.2. The number of carbonyl (C=O) groups is 1. The van der Waals surface area contributed by atoms with E-state index in [9.17, 15) is 13.2 Å². The van der Waals surface area contributed by atoms with Gasteiger partial charge < -0.3 is 4.90 Å². The van der Waals surface area contributed by atoms with E-state index in [0.29, 0.717) is 11.3 Å². The fourth-order valence-corrected chi connectivity index (χ4v) is 4.96. The molecular formula is C22H28N2O3S. The Balaban J connectivity index is 1.93. The van der Waals surface area contributed by atoms with Gasteiger partial charge in [-0.15, -0.1) is 0 Å². The summed E-state index contributed by atoms with van der Waals surface area (Å²) < 4.78 is 28.3. The highest BCUT2D eigenvalue weighted by Gasteiger charge is 2.31. The number of benzene rings is 2. The zero-order valence-corrected chi connectivity index (χ0v) is 17.7. The van der Waals surface area contributed by atoms with E-state index < -0.39 is 10.0 Å². The lowest BCUT2D eigenvalue weighted by Crippen LogP contribution is -2.47. The highest BCUT2D eigenvalue weighted by Crippen LogP contribution is 2.27. The minimum absolute atomic E-state index is 0.0928. The van der Waals surface area contributed by atoms with Gasteiger partial charge in [-0.1, -0.05) is 18.2 Å². The summed E-state index contributed by atoms with van der Waals surface area (Å²) in [6, 6.07) is 12.3. The summed E-state index contributed by atoms with van der Waals surface area (Å²) in [5.74, 6) is -0.0928. The molecule has 2 atom stereocenters. The molecule has 1 heterocycles. The minimum atomic E-state index is -3.78. The molecule has 0 spiro atoms. The molecule has 2 aromatic carbocycles. The smallest absolute Gasteiger partial charge is 0.261 e. The maximum atomic E-state index is 13.2. The molecule has 0 aliphatic carbocycles. The van der Waals surface area contributed by atoms with Crippen LogP contribution in [-0.4, -0.2) is 31.3 Å². The Bertz CT molecular complexity index is 975. The largest absolute Gasteiger partial charge is 0.333 e. The van der Waals surface area contributed by atoms with Gasteiger partial charge in [0.2, 0.25) is 0 Å². The molecule has 1 fully saturated rings. The van der Waals surface area contributed by atoms with Crippen molar-refractivity contribution in [3.8, 4) is 0 Å². The van der Waals surface area contributed by atoms with Crippen LogP contribution in [0.5, 0.6) is 0 Å². The van der Waals surface area contributed by atoms with E-state index in [1.165, 1.54) is 6.07 Å². The molecule has 0 saturated carbocycles. The molecule has 1 N–H and O–H groups in total. The van der Waals surface area contributed by atoms with Crippen molar-refractivity contribution in [3.63, 3.8) is 0 Å². The van der Waals surface area contributed by atoms with Crippen molar-refractivity contribution in [2.24, 2.45) is 0 Å². The number of nitrogens with zero attached hydrogens (tertiary/aromatic N) is 1. The summed E-state index contributed by atoms with van der Waals surface area (Å²) in [6.07, 6.45) is 3.06. The number of rotatable bonds is 4. The fraction of sp³-hybridized carbons (Fsp3) is 0.409. The second-order valence-electron chi connectivity index (χ2n) is 7.79. The second kappa shape index (κ2) is 7.95. The molecule has 2 unspecified atom stereocenters. The lowest BCUT2D eigenvalue weighted by molar-refractivity contribution is 0.0510. The van der Waals surface area contributed by atoms with Crippen LogP contribution in [-0.2, 0) is 10.0 Å². The molecule has 6 heteroatoms. The van der Waals surface area contributed by atoms with E-state index in [1.54, 1.807) is 30.3 Å². The van der Waals surface area contributed by atoms with Gasteiger partial charge in [-0.2, -0.15) is 0 Å². The molecule has 5 nitrogen and oxygen atoms in total. The van der Waals surface area contributed by atoms with E-state index in [4.69, 9.17) is 0 Å². The van der Waals surface area contributed by atoms with Crippen LogP contribution in [0, 0.1) is 13.8 Å². The van der Waals surface area contributed by atoms with Crippen LogP contribution in [0.25, 0.3) is 0 Å². The quantitative estimate of drug-likeness (QED) is 0.821. The van der Waals surface area contributed by atoms with Crippen LogP contribution < -0.4 is 4.72 Å². The number of amides is 1. The van der Waals surface area contributed by atoms with Crippen molar-refractivity contribution < 1.29 is 13.2 Å². The van der Waals surface area contributed by atoms with Gasteiger partial charge in [0.15, 0.2) is 0 Å². The average molecular weight is 401 g/mol. The summed E-state index contributed by atoms with van der Waals surface area (Å²) in [7, 11) is -3.78. The molecule has 2 aromatic rings. The molecule has 0 aromatic heterocycles. The van der Waals surface area contributed by atoms with Crippen LogP contribution in [0.1, 0.15) is 54.6 Å². The van der Waals surface area contributed by atoms with Crippen molar-refractivity contribution >= 4 is 21.6 Å². The zero-order valence-electron chi connectivity index (χ0n) is 16.9. The molecular weight excluding hydrogens is 372 g/mol. The molecule has 1 amide bonds. The van der Waals surface area contributed by atoms with Crippen molar-refractivity contribution in [1.29, 1.82) is 0 Å². The van der Waals surface area contributed by atoms with E-state index in [-0.39, 0.29) is 22.9 Å². The maximum Gasteiger partial charge on any atom is 0.261 e. The lowest BCUT2D eigenvalue weighted by Gasteiger charge is -2.39. The lowest BCUT2D eigenvalue weighted by atomic mass is 9.95. The van der Waals surface area contributed by atoms with Gasteiger partial charge in [0.05, 0.1) is 4.90 Å². The van der Waals surface area contributed by atoms with Crippen molar-refractivity contribution in [2.75, 3.05) is 4.72 Å². The Labute approximate surface area is 167 Å². The summed E-state index contributed by atoms with van der Waals surface area (Å²) in [5, 5.41) is 0. The number of likely N-dealkylation sites (tertiary alicyclic amines) is 1. The number of sulfonamides is 1. The number of piperidine rings is 1. The molecule has 1 aliphatic rings. The van der Waals surface area contributed by atoms with Crippen LogP contribution >= 0.6 is 0 Å². The van der Waals surface area contributed by atoms with Crippen LogP contribution in [0.4, 0.5) is 5.69 Å². The number of hydrogen-bond donors (Lipinski definition) is 1. The van der Waals surface area contributed by atoms with Crippen molar-refractivity contribution in [3.05, 3.63) is 59.2 Å². The zero-order chi connectivity index (χ0) is 20.5. The van der Waals surface area contributed by atoms with E-state index >= 15 is 0 Å². The van der Waals surface area contributed by atoms with E-state index in [2.05, 4.69) is 18.6 Å². The Morgan fingerprint density at radius 3 is 2.36 bits per heavy atom. The van der Waals surface area contributed by atoms with Crippen molar-refractivity contribution in [1.82, 2.24) is 4.90 Å². The first kappa shape index (κ1) is 20.4. The van der Waals surface area contributed by atoms with Gasteiger partial charge in [0.1, 0.15) is 0 Å². The van der Waals surface area contributed by atoms with Gasteiger partial charge in [-0.3, -0.25) is 9.52 Å². The SMILES string of the molecule is Cc1cccc(NS(=O)(=O)c2ccc(C)c(C(=O)N3C(C)CCCC3C)c2)c1. The third-order valence-electron chi connectivity index (χ3n) is 5.45. The Morgan fingerprint density at radius 2 is 1.71 bits per heavy atom. The normalized spacial score (nSPS) is 20.1. The highest BCUT2D eigenvalue weighted by molar-refractivity contribution is 7.92. The van der Waals surface area contributed by atoms with Gasteiger partial charge in [0, 0.05) is 23.3 Å². The molecule has 0 bridgehead atoms. The van der Waals surface area contributed by atoms with Gasteiger partial charge >= 0.3 is 0 Å². The summed E-state index contributed by atoms with van der Waals surface area (Å²) in [4.78, 5) is 15.2. The second-order valence-corrected chi connectivity index (χ2v) is 9.48. The van der Waals surface area contributed by atoms with Crippen molar-refractivity contribution in [2.45, 2.75) is 63.9 Å². The third-order valence-corrected chi connectivity index (χ3v) is 6.83. The topological polar surface area (TPSA) is 66.5 Å². The summed E-state index contributed by atoms with van der Waals surface area (Å²) in [6.45, 7) is 7.86. The first-order valence-corrected chi connectivity index (χ1v) is 11.2. The molecule has 0 radical (unpaired) electrons. The third kappa shape index (κ3) is 4.22. The monoisotopic (exact) mass is 400 g/mol. The molecule has 28 heavy (non-hydrogen) atoms. The number of hydrogen-bond acceptors (Lipinski definition) is 3. The highest BCUT2D eigenvalue weighted by atomic mass is 32.2. The molecule has 1 saturated heterocycles. The molecule has 3 rings (SSSR count). The number of anilines is 1. The van der Waals surface area contributed by atoms with E-state index in [0.717, 1.165) is 30.4 Å². The number of carbonyl (C=O) groups excluding carboxylic acids is 1. The van der Waals surface area contributed by atoms with Gasteiger partial charge in [-0.25, -0.2) is 8.42 Å². The summed E-state index contributed by atoms with van der Waals surface area (Å²) in [5.41, 5.74) is 2.71.